The Hall–Kier alpha value is -2.01. The number of rotatable bonds is 5. The van der Waals surface area contributed by atoms with Gasteiger partial charge in [0.15, 0.2) is 0 Å². The van der Waals surface area contributed by atoms with Crippen LogP contribution in [-0.4, -0.2) is 37.2 Å². The summed E-state index contributed by atoms with van der Waals surface area (Å²) in [4.78, 5) is 14.3. The molecule has 20 heavy (non-hydrogen) atoms. The van der Waals surface area contributed by atoms with Crippen LogP contribution in [0.2, 0.25) is 0 Å². The van der Waals surface area contributed by atoms with Crippen molar-refractivity contribution in [1.29, 1.82) is 0 Å². The Morgan fingerprint density at radius 1 is 1.55 bits per heavy atom. The molecule has 1 amide bonds. The number of carbonyl (C=O) groups excluding carboxylic acids is 1. The van der Waals surface area contributed by atoms with Crippen LogP contribution in [0, 0.1) is 0 Å². The van der Waals surface area contributed by atoms with Gasteiger partial charge in [-0.2, -0.15) is 0 Å². The van der Waals surface area contributed by atoms with E-state index in [9.17, 15) is 4.79 Å². The lowest BCUT2D eigenvalue weighted by atomic mass is 10.0. The number of aromatic nitrogens is 1. The topological polar surface area (TPSA) is 66.1 Å². The molecule has 2 heterocycles. The minimum atomic E-state index is -2.11. The van der Waals surface area contributed by atoms with E-state index in [1.807, 2.05) is 18.3 Å². The molecule has 1 aromatic carbocycles. The molecule has 5 heteroatoms. The first-order chi connectivity index (χ1) is 10.9. The molecular weight excluding hydrogens is 254 g/mol. The third kappa shape index (κ3) is 2.63. The van der Waals surface area contributed by atoms with Gasteiger partial charge in [-0.3, -0.25) is 0 Å². The molecule has 0 bridgehead atoms. The molecule has 3 N–H and O–H groups in total. The van der Waals surface area contributed by atoms with Crippen molar-refractivity contribution in [2.75, 3.05) is 20.1 Å². The highest BCUT2D eigenvalue weighted by atomic mass is 16.6. The zero-order valence-corrected chi connectivity index (χ0v) is 11.0. The van der Waals surface area contributed by atoms with Crippen molar-refractivity contribution >= 4 is 17.0 Å². The Kier molecular flexibility index (Phi) is 2.72. The maximum absolute atomic E-state index is 11.1. The molecule has 3 rings (SSSR count). The van der Waals surface area contributed by atoms with E-state index in [1.165, 1.54) is 0 Å². The fraction of sp³-hybridized carbons (Fsp3) is 0.400. The van der Waals surface area contributed by atoms with Crippen molar-refractivity contribution < 1.29 is 13.6 Å². The molecule has 0 saturated carbocycles. The van der Waals surface area contributed by atoms with Crippen molar-refractivity contribution in [3.8, 4) is 0 Å². The van der Waals surface area contributed by atoms with Crippen LogP contribution in [0.25, 0.3) is 10.9 Å². The Morgan fingerprint density at radius 2 is 2.50 bits per heavy atom. The Bertz CT molecular complexity index is 712. The summed E-state index contributed by atoms with van der Waals surface area (Å²) in [7, 11) is 0. The van der Waals surface area contributed by atoms with Gasteiger partial charge in [-0.1, -0.05) is 6.07 Å². The van der Waals surface area contributed by atoms with E-state index < -0.39 is 6.98 Å². The number of H-pyrrole nitrogens is 1. The summed E-state index contributed by atoms with van der Waals surface area (Å²) in [6.45, 7) is -1.34. The number of hydrogen-bond acceptors (Lipinski definition) is 3. The van der Waals surface area contributed by atoms with Crippen LogP contribution in [0.15, 0.2) is 24.4 Å². The first kappa shape index (κ1) is 9.83. The monoisotopic (exact) mass is 276 g/mol. The number of likely N-dealkylation sites (N-methyl/N-ethyl adjacent to an activating group) is 1. The largest absolute Gasteiger partial charge is 0.447 e. The standard InChI is InChI=1S/C15H19N3O2/c1-16-5-4-11-8-17-14-3-2-10(7-13(11)14)6-12-9-20-15(19)18-12/h2-3,7-8,12,16-17H,4-6,9H2,1H3,(H,18,19)/i1D3. The number of carbonyl (C=O) groups is 1. The highest BCUT2D eigenvalue weighted by molar-refractivity contribution is 5.84. The van der Waals surface area contributed by atoms with Gasteiger partial charge < -0.3 is 20.4 Å². The molecule has 1 saturated heterocycles. The summed E-state index contributed by atoms with van der Waals surface area (Å²) in [5.74, 6) is 0. The van der Waals surface area contributed by atoms with Gasteiger partial charge in [-0.15, -0.1) is 0 Å². The number of cyclic esters (lactones) is 1. The maximum Gasteiger partial charge on any atom is 0.407 e. The molecule has 5 nitrogen and oxygen atoms in total. The van der Waals surface area contributed by atoms with Gasteiger partial charge in [0.05, 0.1) is 6.04 Å². The van der Waals surface area contributed by atoms with Crippen LogP contribution >= 0.6 is 0 Å². The zero-order chi connectivity index (χ0) is 16.4. The second kappa shape index (κ2) is 5.54. The molecule has 1 unspecified atom stereocenters. The summed E-state index contributed by atoms with van der Waals surface area (Å²) < 4.78 is 26.4. The SMILES string of the molecule is [2H]C([2H])([2H])NCCc1c[nH]c2ccc(CC3COC(=O)N3)cc12. The molecule has 1 aliphatic heterocycles. The van der Waals surface area contributed by atoms with E-state index in [4.69, 9.17) is 8.85 Å². The minimum Gasteiger partial charge on any atom is -0.447 e. The number of ether oxygens (including phenoxy) is 1. The fourth-order valence-corrected chi connectivity index (χ4v) is 2.58. The van der Waals surface area contributed by atoms with Gasteiger partial charge in [0.25, 0.3) is 0 Å². The first-order valence-electron chi connectivity index (χ1n) is 8.18. The number of nitrogens with one attached hydrogen (secondary N) is 3. The smallest absolute Gasteiger partial charge is 0.407 e. The summed E-state index contributed by atoms with van der Waals surface area (Å²) in [5.41, 5.74) is 3.20. The van der Waals surface area contributed by atoms with Crippen LogP contribution in [0.5, 0.6) is 0 Å². The van der Waals surface area contributed by atoms with Gasteiger partial charge in [0.1, 0.15) is 6.61 Å². The quantitative estimate of drug-likeness (QED) is 0.777. The Morgan fingerprint density at radius 3 is 3.30 bits per heavy atom. The van der Waals surface area contributed by atoms with Crippen molar-refractivity contribution in [3.63, 3.8) is 0 Å². The van der Waals surface area contributed by atoms with Crippen LogP contribution in [0.3, 0.4) is 0 Å². The van der Waals surface area contributed by atoms with E-state index in [1.54, 1.807) is 0 Å². The average molecular weight is 276 g/mol. The van der Waals surface area contributed by atoms with Crippen LogP contribution in [0.4, 0.5) is 4.79 Å². The third-order valence-electron chi connectivity index (χ3n) is 3.57. The normalized spacial score (nSPS) is 21.1. The molecule has 1 fully saturated rings. The number of benzene rings is 1. The molecule has 0 aliphatic carbocycles. The Balaban J connectivity index is 1.70. The lowest BCUT2D eigenvalue weighted by molar-refractivity contribution is 0.177. The summed E-state index contributed by atoms with van der Waals surface area (Å²) in [6.07, 6.45) is 2.88. The number of hydrogen-bond donors (Lipinski definition) is 3. The van der Waals surface area contributed by atoms with Crippen molar-refractivity contribution in [1.82, 2.24) is 15.6 Å². The number of alkyl carbamates (subject to hydrolysis) is 1. The van der Waals surface area contributed by atoms with Gasteiger partial charge in [-0.25, -0.2) is 4.79 Å². The Labute approximate surface area is 121 Å². The summed E-state index contributed by atoms with van der Waals surface area (Å²) in [6, 6.07) is 6.11. The molecule has 1 aromatic heterocycles. The summed E-state index contributed by atoms with van der Waals surface area (Å²) >= 11 is 0. The van der Waals surface area contributed by atoms with E-state index in [-0.39, 0.29) is 12.1 Å². The predicted octanol–water partition coefficient (Wildman–Crippen LogP) is 1.58. The van der Waals surface area contributed by atoms with Gasteiger partial charge in [0, 0.05) is 21.2 Å². The van der Waals surface area contributed by atoms with E-state index in [0.717, 1.165) is 22.0 Å². The van der Waals surface area contributed by atoms with Gasteiger partial charge in [0.2, 0.25) is 0 Å². The lowest BCUT2D eigenvalue weighted by Crippen LogP contribution is -2.28. The predicted molar refractivity (Wildman–Crippen MR) is 77.9 cm³/mol. The molecule has 2 aromatic rings. The second-order valence-corrected chi connectivity index (χ2v) is 5.01. The minimum absolute atomic E-state index is 0.000400. The molecule has 0 spiro atoms. The van der Waals surface area contributed by atoms with Crippen LogP contribution < -0.4 is 10.6 Å². The number of fused-ring (bicyclic) bond motifs is 1. The van der Waals surface area contributed by atoms with E-state index in [0.29, 0.717) is 26.0 Å². The van der Waals surface area contributed by atoms with Gasteiger partial charge in [-0.05, 0) is 49.6 Å². The van der Waals surface area contributed by atoms with E-state index >= 15 is 0 Å². The van der Waals surface area contributed by atoms with Crippen molar-refractivity contribution in [2.24, 2.45) is 0 Å². The molecule has 0 radical (unpaired) electrons. The lowest BCUT2D eigenvalue weighted by Gasteiger charge is -2.08. The third-order valence-corrected chi connectivity index (χ3v) is 3.57. The van der Waals surface area contributed by atoms with Gasteiger partial charge >= 0.3 is 6.09 Å². The molecule has 1 atom stereocenters. The number of aromatic amines is 1. The van der Waals surface area contributed by atoms with Crippen LogP contribution in [0.1, 0.15) is 15.2 Å². The van der Waals surface area contributed by atoms with Crippen molar-refractivity contribution in [2.45, 2.75) is 18.9 Å². The second-order valence-electron chi connectivity index (χ2n) is 5.01. The fourth-order valence-electron chi connectivity index (χ4n) is 2.58. The summed E-state index contributed by atoms with van der Waals surface area (Å²) in [5, 5.41) is 6.38. The number of amides is 1. The highest BCUT2D eigenvalue weighted by Crippen LogP contribution is 2.21. The van der Waals surface area contributed by atoms with Crippen LogP contribution in [-0.2, 0) is 17.6 Å². The maximum atomic E-state index is 11.1. The zero-order valence-electron chi connectivity index (χ0n) is 14.0. The molecule has 1 aliphatic rings. The first-order valence-corrected chi connectivity index (χ1v) is 6.68. The molecular formula is C15H19N3O2. The average Bonchev–Trinajstić information content (AvgIpc) is 3.04. The molecule has 106 valence electrons. The van der Waals surface area contributed by atoms with Crippen molar-refractivity contribution in [3.05, 3.63) is 35.5 Å². The highest BCUT2D eigenvalue weighted by Gasteiger charge is 2.22. The van der Waals surface area contributed by atoms with E-state index in [2.05, 4.69) is 21.7 Å².